The number of carbonyl (C=O) groups excluding carboxylic acids is 1. The van der Waals surface area contributed by atoms with Gasteiger partial charge in [0.1, 0.15) is 6.04 Å². The molecule has 1 aliphatic heterocycles. The number of anilines is 1. The minimum absolute atomic E-state index is 0.00578. The molecule has 7 heteroatoms. The standard InChI is InChI=1S/C14H17ClN2O4/c1-9-2-3-10(6-11(9)15)16-13(18)7-17-4-5-21-8-12(17)14(19)20/h2-3,6,12H,4-5,7-8H2,1H3,(H,16,18)(H,19,20). The van der Waals surface area contributed by atoms with Crippen molar-refractivity contribution in [3.05, 3.63) is 28.8 Å². The van der Waals surface area contributed by atoms with Crippen LogP contribution in [0.1, 0.15) is 5.56 Å². The minimum Gasteiger partial charge on any atom is -0.480 e. The molecule has 0 aromatic heterocycles. The van der Waals surface area contributed by atoms with E-state index in [2.05, 4.69) is 5.32 Å². The molecule has 1 fully saturated rings. The zero-order chi connectivity index (χ0) is 15.4. The molecule has 1 amide bonds. The van der Waals surface area contributed by atoms with E-state index in [9.17, 15) is 9.59 Å². The zero-order valence-electron chi connectivity index (χ0n) is 11.6. The number of hydrogen-bond donors (Lipinski definition) is 2. The summed E-state index contributed by atoms with van der Waals surface area (Å²) in [5.74, 6) is -1.26. The van der Waals surface area contributed by atoms with Gasteiger partial charge in [-0.3, -0.25) is 14.5 Å². The van der Waals surface area contributed by atoms with E-state index in [4.69, 9.17) is 21.4 Å². The molecule has 0 bridgehead atoms. The van der Waals surface area contributed by atoms with Gasteiger partial charge in [-0.15, -0.1) is 0 Å². The Labute approximate surface area is 127 Å². The Kier molecular flexibility index (Phi) is 5.17. The first-order valence-electron chi connectivity index (χ1n) is 6.58. The van der Waals surface area contributed by atoms with E-state index in [-0.39, 0.29) is 19.1 Å². The lowest BCUT2D eigenvalue weighted by atomic mass is 10.2. The number of ether oxygens (including phenoxy) is 1. The predicted molar refractivity (Wildman–Crippen MR) is 78.6 cm³/mol. The van der Waals surface area contributed by atoms with Crippen LogP contribution in [0.4, 0.5) is 5.69 Å². The second-order valence-corrected chi connectivity index (χ2v) is 5.32. The maximum absolute atomic E-state index is 12.0. The Bertz CT molecular complexity index is 550. The van der Waals surface area contributed by atoms with Gasteiger partial charge in [0, 0.05) is 17.3 Å². The van der Waals surface area contributed by atoms with Gasteiger partial charge in [-0.05, 0) is 24.6 Å². The third kappa shape index (κ3) is 4.17. The Morgan fingerprint density at radius 3 is 2.95 bits per heavy atom. The number of amides is 1. The number of carboxylic acid groups (broad SMARTS) is 1. The first kappa shape index (κ1) is 15.8. The van der Waals surface area contributed by atoms with Gasteiger partial charge in [-0.2, -0.15) is 0 Å². The van der Waals surface area contributed by atoms with Crippen molar-refractivity contribution in [1.82, 2.24) is 4.90 Å². The summed E-state index contributed by atoms with van der Waals surface area (Å²) in [7, 11) is 0. The quantitative estimate of drug-likeness (QED) is 0.878. The summed E-state index contributed by atoms with van der Waals surface area (Å²) < 4.78 is 5.13. The van der Waals surface area contributed by atoms with Gasteiger partial charge >= 0.3 is 5.97 Å². The molecule has 1 heterocycles. The van der Waals surface area contributed by atoms with E-state index < -0.39 is 12.0 Å². The molecule has 0 radical (unpaired) electrons. The van der Waals surface area contributed by atoms with E-state index in [1.54, 1.807) is 17.0 Å². The van der Waals surface area contributed by atoms with Gasteiger partial charge in [0.25, 0.3) is 0 Å². The number of nitrogens with zero attached hydrogens (tertiary/aromatic N) is 1. The molecule has 1 aromatic carbocycles. The van der Waals surface area contributed by atoms with E-state index in [0.717, 1.165) is 5.56 Å². The number of carboxylic acids is 1. The van der Waals surface area contributed by atoms with Crippen LogP contribution < -0.4 is 5.32 Å². The fraction of sp³-hybridized carbons (Fsp3) is 0.429. The average Bonchev–Trinajstić information content (AvgIpc) is 2.43. The predicted octanol–water partition coefficient (Wildman–Crippen LogP) is 1.37. The van der Waals surface area contributed by atoms with E-state index in [1.807, 2.05) is 13.0 Å². The Hall–Kier alpha value is -1.63. The zero-order valence-corrected chi connectivity index (χ0v) is 12.4. The molecule has 6 nitrogen and oxygen atoms in total. The van der Waals surface area contributed by atoms with Crippen molar-refractivity contribution in [2.24, 2.45) is 0 Å². The van der Waals surface area contributed by atoms with Gasteiger partial charge in [0.05, 0.1) is 19.8 Å². The molecule has 2 N–H and O–H groups in total. The summed E-state index contributed by atoms with van der Waals surface area (Å²) in [6.45, 7) is 2.82. The molecule has 2 rings (SSSR count). The largest absolute Gasteiger partial charge is 0.480 e. The Morgan fingerprint density at radius 2 is 2.29 bits per heavy atom. The number of carbonyl (C=O) groups is 2. The van der Waals surface area contributed by atoms with Crippen LogP contribution in [0.5, 0.6) is 0 Å². The van der Waals surface area contributed by atoms with Crippen LogP contribution in [0.25, 0.3) is 0 Å². The highest BCUT2D eigenvalue weighted by molar-refractivity contribution is 6.31. The normalized spacial score (nSPS) is 19.2. The van der Waals surface area contributed by atoms with Crippen LogP contribution in [0.3, 0.4) is 0 Å². The summed E-state index contributed by atoms with van der Waals surface area (Å²) >= 11 is 6.00. The molecule has 0 spiro atoms. The number of rotatable bonds is 4. The lowest BCUT2D eigenvalue weighted by Crippen LogP contribution is -2.52. The monoisotopic (exact) mass is 312 g/mol. The highest BCUT2D eigenvalue weighted by Crippen LogP contribution is 2.20. The summed E-state index contributed by atoms with van der Waals surface area (Å²) in [5, 5.41) is 12.4. The Balaban J connectivity index is 1.97. The van der Waals surface area contributed by atoms with E-state index in [0.29, 0.717) is 23.9 Å². The summed E-state index contributed by atoms with van der Waals surface area (Å²) in [6, 6.07) is 4.45. The molecule has 1 aromatic rings. The number of benzene rings is 1. The molecule has 1 unspecified atom stereocenters. The van der Waals surface area contributed by atoms with Crippen LogP contribution in [0, 0.1) is 6.92 Å². The van der Waals surface area contributed by atoms with Gasteiger partial charge < -0.3 is 15.2 Å². The highest BCUT2D eigenvalue weighted by atomic mass is 35.5. The van der Waals surface area contributed by atoms with Gasteiger partial charge in [-0.1, -0.05) is 17.7 Å². The van der Waals surface area contributed by atoms with E-state index >= 15 is 0 Å². The van der Waals surface area contributed by atoms with Crippen molar-refractivity contribution < 1.29 is 19.4 Å². The lowest BCUT2D eigenvalue weighted by molar-refractivity contribution is -0.150. The van der Waals surface area contributed by atoms with Gasteiger partial charge in [0.2, 0.25) is 5.91 Å². The molecule has 114 valence electrons. The average molecular weight is 313 g/mol. The maximum Gasteiger partial charge on any atom is 0.323 e. The second-order valence-electron chi connectivity index (χ2n) is 4.91. The number of aryl methyl sites for hydroxylation is 1. The van der Waals surface area contributed by atoms with Crippen LogP contribution in [0.15, 0.2) is 18.2 Å². The second kappa shape index (κ2) is 6.89. The molecule has 21 heavy (non-hydrogen) atoms. The van der Waals surface area contributed by atoms with Crippen LogP contribution in [-0.4, -0.2) is 54.2 Å². The number of hydrogen-bond acceptors (Lipinski definition) is 4. The summed E-state index contributed by atoms with van der Waals surface area (Å²) in [6.07, 6.45) is 0. The van der Waals surface area contributed by atoms with Crippen molar-refractivity contribution in [1.29, 1.82) is 0 Å². The molecular formula is C14H17ClN2O4. The maximum atomic E-state index is 12.0. The smallest absolute Gasteiger partial charge is 0.323 e. The van der Waals surface area contributed by atoms with Crippen molar-refractivity contribution in [2.45, 2.75) is 13.0 Å². The van der Waals surface area contributed by atoms with Crippen molar-refractivity contribution >= 4 is 29.2 Å². The van der Waals surface area contributed by atoms with Crippen molar-refractivity contribution in [3.8, 4) is 0 Å². The molecule has 1 atom stereocenters. The lowest BCUT2D eigenvalue weighted by Gasteiger charge is -2.32. The number of morpholine rings is 1. The number of halogens is 1. The molecule has 0 aliphatic carbocycles. The summed E-state index contributed by atoms with van der Waals surface area (Å²) in [4.78, 5) is 24.7. The number of aliphatic carboxylic acids is 1. The van der Waals surface area contributed by atoms with Gasteiger partial charge in [-0.25, -0.2) is 0 Å². The van der Waals surface area contributed by atoms with Crippen molar-refractivity contribution in [2.75, 3.05) is 31.6 Å². The number of nitrogens with one attached hydrogen (secondary N) is 1. The SMILES string of the molecule is Cc1ccc(NC(=O)CN2CCOCC2C(=O)O)cc1Cl. The van der Waals surface area contributed by atoms with Crippen LogP contribution in [-0.2, 0) is 14.3 Å². The third-order valence-corrected chi connectivity index (χ3v) is 3.73. The van der Waals surface area contributed by atoms with Gasteiger partial charge in [0.15, 0.2) is 0 Å². The first-order chi connectivity index (χ1) is 9.97. The molecular weight excluding hydrogens is 296 g/mol. The highest BCUT2D eigenvalue weighted by Gasteiger charge is 2.30. The summed E-state index contributed by atoms with van der Waals surface area (Å²) in [5.41, 5.74) is 1.52. The third-order valence-electron chi connectivity index (χ3n) is 3.33. The molecule has 0 saturated carbocycles. The fourth-order valence-corrected chi connectivity index (χ4v) is 2.29. The first-order valence-corrected chi connectivity index (χ1v) is 6.96. The fourth-order valence-electron chi connectivity index (χ4n) is 2.11. The Morgan fingerprint density at radius 1 is 1.52 bits per heavy atom. The van der Waals surface area contributed by atoms with Crippen LogP contribution in [0.2, 0.25) is 5.02 Å². The molecule has 1 saturated heterocycles. The van der Waals surface area contributed by atoms with Crippen molar-refractivity contribution in [3.63, 3.8) is 0 Å². The topological polar surface area (TPSA) is 78.9 Å². The minimum atomic E-state index is -0.985. The van der Waals surface area contributed by atoms with E-state index in [1.165, 1.54) is 0 Å². The molecule has 1 aliphatic rings. The van der Waals surface area contributed by atoms with Crippen LogP contribution >= 0.6 is 11.6 Å².